The van der Waals surface area contributed by atoms with Gasteiger partial charge in [0.1, 0.15) is 5.75 Å². The number of nitrogens with two attached hydrogens (primary N) is 1. The van der Waals surface area contributed by atoms with Crippen molar-refractivity contribution in [3.63, 3.8) is 0 Å². The second-order valence-electron chi connectivity index (χ2n) is 5.09. The largest absolute Gasteiger partial charge is 0.493 e. The van der Waals surface area contributed by atoms with Crippen molar-refractivity contribution in [1.82, 2.24) is 0 Å². The summed E-state index contributed by atoms with van der Waals surface area (Å²) in [7, 11) is 0. The molecule has 0 bridgehead atoms. The number of ether oxygens (including phenoxy) is 1. The lowest BCUT2D eigenvalue weighted by molar-refractivity contribution is 0.132. The van der Waals surface area contributed by atoms with E-state index in [4.69, 9.17) is 10.5 Å². The standard InChI is InChI=1S/C13H19NO2/c1-13(2,8-15)12(14)10-3-4-11-9(7-10)5-6-16-11/h3-4,7,12,15H,5-6,8,14H2,1-2H3/t12-/m0/s1. The minimum absolute atomic E-state index is 0.0851. The first kappa shape index (κ1) is 11.4. The molecule has 1 aromatic carbocycles. The van der Waals surface area contributed by atoms with Crippen LogP contribution in [0.15, 0.2) is 18.2 Å². The predicted octanol–water partition coefficient (Wildman–Crippen LogP) is 1.64. The normalized spacial score (nSPS) is 16.8. The molecule has 0 fully saturated rings. The molecule has 3 nitrogen and oxygen atoms in total. The molecule has 3 N–H and O–H groups in total. The van der Waals surface area contributed by atoms with Gasteiger partial charge in [-0.15, -0.1) is 0 Å². The lowest BCUT2D eigenvalue weighted by atomic mass is 9.81. The Hall–Kier alpha value is -1.06. The van der Waals surface area contributed by atoms with Crippen molar-refractivity contribution in [2.75, 3.05) is 13.2 Å². The third kappa shape index (κ3) is 1.93. The Morgan fingerprint density at radius 1 is 1.50 bits per heavy atom. The summed E-state index contributed by atoms with van der Waals surface area (Å²) >= 11 is 0. The molecular weight excluding hydrogens is 202 g/mol. The first-order chi connectivity index (χ1) is 7.54. The second kappa shape index (κ2) is 4.07. The molecule has 0 saturated carbocycles. The molecule has 0 saturated heterocycles. The minimum atomic E-state index is -0.298. The van der Waals surface area contributed by atoms with Crippen molar-refractivity contribution in [3.8, 4) is 5.75 Å². The highest BCUT2D eigenvalue weighted by molar-refractivity contribution is 5.41. The van der Waals surface area contributed by atoms with E-state index in [0.29, 0.717) is 0 Å². The summed E-state index contributed by atoms with van der Waals surface area (Å²) in [5.41, 5.74) is 8.17. The molecular formula is C13H19NO2. The Labute approximate surface area is 96.2 Å². The first-order valence-corrected chi connectivity index (χ1v) is 5.66. The van der Waals surface area contributed by atoms with Crippen molar-refractivity contribution in [2.24, 2.45) is 11.1 Å². The molecule has 0 radical (unpaired) electrons. The van der Waals surface area contributed by atoms with Gasteiger partial charge in [-0.25, -0.2) is 0 Å². The first-order valence-electron chi connectivity index (χ1n) is 5.66. The second-order valence-corrected chi connectivity index (χ2v) is 5.09. The summed E-state index contributed by atoms with van der Waals surface area (Å²) in [5, 5.41) is 9.31. The Morgan fingerprint density at radius 3 is 2.94 bits per heavy atom. The molecule has 16 heavy (non-hydrogen) atoms. The highest BCUT2D eigenvalue weighted by Crippen LogP contribution is 2.34. The molecule has 88 valence electrons. The van der Waals surface area contributed by atoms with E-state index in [1.54, 1.807) is 0 Å². The van der Waals surface area contributed by atoms with Crippen LogP contribution in [0.2, 0.25) is 0 Å². The summed E-state index contributed by atoms with van der Waals surface area (Å²) in [6.07, 6.45) is 0.954. The SMILES string of the molecule is CC(C)(CO)[C@@H](N)c1ccc2c(c1)CCO2. The Balaban J connectivity index is 2.28. The molecule has 0 spiro atoms. The molecule has 1 aliphatic rings. The van der Waals surface area contributed by atoms with Gasteiger partial charge < -0.3 is 15.6 Å². The Bertz CT molecular complexity index is 388. The molecule has 3 heteroatoms. The van der Waals surface area contributed by atoms with Gasteiger partial charge in [0.05, 0.1) is 6.61 Å². The van der Waals surface area contributed by atoms with Crippen LogP contribution < -0.4 is 10.5 Å². The fraction of sp³-hybridized carbons (Fsp3) is 0.538. The summed E-state index contributed by atoms with van der Waals surface area (Å²) in [5.74, 6) is 0.970. The van der Waals surface area contributed by atoms with Gasteiger partial charge in [0.2, 0.25) is 0 Å². The van der Waals surface area contributed by atoms with Crippen LogP contribution in [0.3, 0.4) is 0 Å². The van der Waals surface area contributed by atoms with Crippen LogP contribution in [-0.4, -0.2) is 18.3 Å². The molecule has 0 aliphatic carbocycles. The van der Waals surface area contributed by atoms with Crippen LogP contribution in [-0.2, 0) is 6.42 Å². The number of hydrogen-bond acceptors (Lipinski definition) is 3. The van der Waals surface area contributed by atoms with Gasteiger partial charge in [-0.1, -0.05) is 26.0 Å². The predicted molar refractivity (Wildman–Crippen MR) is 63.4 cm³/mol. The van der Waals surface area contributed by atoms with Gasteiger partial charge in [-0.05, 0) is 17.2 Å². The fourth-order valence-corrected chi connectivity index (χ4v) is 1.95. The highest BCUT2D eigenvalue weighted by Gasteiger charge is 2.27. The third-order valence-corrected chi connectivity index (χ3v) is 3.32. The van der Waals surface area contributed by atoms with Crippen LogP contribution in [0.5, 0.6) is 5.75 Å². The molecule has 0 unspecified atom stereocenters. The van der Waals surface area contributed by atoms with Crippen molar-refractivity contribution in [3.05, 3.63) is 29.3 Å². The molecule has 2 rings (SSSR count). The maximum atomic E-state index is 9.31. The maximum absolute atomic E-state index is 9.31. The summed E-state index contributed by atoms with van der Waals surface area (Å²) in [6, 6.07) is 5.92. The quantitative estimate of drug-likeness (QED) is 0.815. The van der Waals surface area contributed by atoms with E-state index in [9.17, 15) is 5.11 Å². The van der Waals surface area contributed by atoms with Crippen LogP contribution in [0.25, 0.3) is 0 Å². The van der Waals surface area contributed by atoms with Crippen molar-refractivity contribution in [1.29, 1.82) is 0 Å². The summed E-state index contributed by atoms with van der Waals surface area (Å²) < 4.78 is 5.45. The Kier molecular flexibility index (Phi) is 2.91. The van der Waals surface area contributed by atoms with Crippen LogP contribution in [0, 0.1) is 5.41 Å². The number of benzene rings is 1. The monoisotopic (exact) mass is 221 g/mol. The number of rotatable bonds is 3. The van der Waals surface area contributed by atoms with Crippen LogP contribution >= 0.6 is 0 Å². The number of aliphatic hydroxyl groups is 1. The van der Waals surface area contributed by atoms with E-state index in [1.165, 1.54) is 5.56 Å². The molecule has 1 atom stereocenters. The third-order valence-electron chi connectivity index (χ3n) is 3.32. The molecule has 0 aromatic heterocycles. The zero-order valence-corrected chi connectivity index (χ0v) is 9.86. The molecule has 1 aromatic rings. The topological polar surface area (TPSA) is 55.5 Å². The minimum Gasteiger partial charge on any atom is -0.493 e. The number of aliphatic hydroxyl groups excluding tert-OH is 1. The highest BCUT2D eigenvalue weighted by atomic mass is 16.5. The van der Waals surface area contributed by atoms with Gasteiger partial charge in [0.15, 0.2) is 0 Å². The number of fused-ring (bicyclic) bond motifs is 1. The number of hydrogen-bond donors (Lipinski definition) is 2. The van der Waals surface area contributed by atoms with E-state index in [1.807, 2.05) is 26.0 Å². The fourth-order valence-electron chi connectivity index (χ4n) is 1.95. The van der Waals surface area contributed by atoms with Gasteiger partial charge in [-0.3, -0.25) is 0 Å². The van der Waals surface area contributed by atoms with Gasteiger partial charge >= 0.3 is 0 Å². The molecule has 0 amide bonds. The van der Waals surface area contributed by atoms with Crippen molar-refractivity contribution < 1.29 is 9.84 Å². The van der Waals surface area contributed by atoms with Crippen molar-refractivity contribution >= 4 is 0 Å². The van der Waals surface area contributed by atoms with E-state index >= 15 is 0 Å². The average Bonchev–Trinajstić information content (AvgIpc) is 2.74. The molecule has 1 aliphatic heterocycles. The van der Waals surface area contributed by atoms with E-state index < -0.39 is 0 Å². The van der Waals surface area contributed by atoms with Crippen LogP contribution in [0.1, 0.15) is 31.0 Å². The average molecular weight is 221 g/mol. The van der Waals surface area contributed by atoms with Gasteiger partial charge in [0.25, 0.3) is 0 Å². The van der Waals surface area contributed by atoms with Gasteiger partial charge in [-0.2, -0.15) is 0 Å². The van der Waals surface area contributed by atoms with Crippen LogP contribution in [0.4, 0.5) is 0 Å². The van der Waals surface area contributed by atoms with E-state index in [2.05, 4.69) is 6.07 Å². The maximum Gasteiger partial charge on any atom is 0.122 e. The molecule has 1 heterocycles. The zero-order chi connectivity index (χ0) is 11.8. The lowest BCUT2D eigenvalue weighted by Crippen LogP contribution is -2.32. The lowest BCUT2D eigenvalue weighted by Gasteiger charge is -2.30. The smallest absolute Gasteiger partial charge is 0.122 e. The van der Waals surface area contributed by atoms with E-state index in [0.717, 1.165) is 24.3 Å². The zero-order valence-electron chi connectivity index (χ0n) is 9.86. The van der Waals surface area contributed by atoms with E-state index in [-0.39, 0.29) is 18.1 Å². The summed E-state index contributed by atoms with van der Waals surface area (Å²) in [6.45, 7) is 4.79. The Morgan fingerprint density at radius 2 is 2.25 bits per heavy atom. The summed E-state index contributed by atoms with van der Waals surface area (Å²) in [4.78, 5) is 0. The van der Waals surface area contributed by atoms with Crippen molar-refractivity contribution in [2.45, 2.75) is 26.3 Å². The van der Waals surface area contributed by atoms with Gasteiger partial charge in [0, 0.05) is 24.5 Å².